The zero-order chi connectivity index (χ0) is 13.2. The van der Waals surface area contributed by atoms with Crippen LogP contribution in [-0.4, -0.2) is 20.2 Å². The number of hydrogen-bond donors (Lipinski definition) is 1. The van der Waals surface area contributed by atoms with Crippen molar-refractivity contribution in [2.45, 2.75) is 6.92 Å². The van der Waals surface area contributed by atoms with Gasteiger partial charge in [0.2, 0.25) is 5.82 Å². The summed E-state index contributed by atoms with van der Waals surface area (Å²) in [4.78, 5) is 8.56. The summed E-state index contributed by atoms with van der Waals surface area (Å²) in [5.41, 5.74) is 2.45. The predicted molar refractivity (Wildman–Crippen MR) is 69.4 cm³/mol. The van der Waals surface area contributed by atoms with Crippen LogP contribution < -0.4 is 0 Å². The van der Waals surface area contributed by atoms with Gasteiger partial charge in [-0.2, -0.15) is 4.98 Å². The predicted octanol–water partition coefficient (Wildman–Crippen LogP) is 2.81. The first-order chi connectivity index (χ1) is 9.24. The van der Waals surface area contributed by atoms with Crippen molar-refractivity contribution in [1.82, 2.24) is 15.1 Å². The molecule has 19 heavy (non-hydrogen) atoms. The van der Waals surface area contributed by atoms with Crippen LogP contribution in [0.4, 0.5) is 0 Å². The lowest BCUT2D eigenvalue weighted by Crippen LogP contribution is -1.89. The highest BCUT2D eigenvalue weighted by Gasteiger charge is 2.13. The van der Waals surface area contributed by atoms with Crippen LogP contribution in [0.25, 0.3) is 23.0 Å². The quantitative estimate of drug-likeness (QED) is 0.760. The number of rotatable bonds is 2. The number of nitrogens with zero attached hydrogens (tertiary/aromatic N) is 3. The second kappa shape index (κ2) is 4.53. The molecule has 2 heterocycles. The summed E-state index contributed by atoms with van der Waals surface area (Å²) >= 11 is 0. The molecule has 0 aliphatic rings. The van der Waals surface area contributed by atoms with Gasteiger partial charge in [-0.15, -0.1) is 0 Å². The van der Waals surface area contributed by atoms with Crippen LogP contribution in [0.2, 0.25) is 0 Å². The van der Waals surface area contributed by atoms with Gasteiger partial charge in [0.25, 0.3) is 5.89 Å². The molecule has 0 atom stereocenters. The fraction of sp³-hybridized carbons (Fsp3) is 0.0714. The van der Waals surface area contributed by atoms with Crippen molar-refractivity contribution >= 4 is 0 Å². The first-order valence-corrected chi connectivity index (χ1v) is 5.79. The third-order valence-electron chi connectivity index (χ3n) is 2.76. The zero-order valence-corrected chi connectivity index (χ0v) is 10.2. The summed E-state index contributed by atoms with van der Waals surface area (Å²) in [6.45, 7) is 1.94. The van der Waals surface area contributed by atoms with E-state index in [1.807, 2.05) is 19.1 Å². The summed E-state index contributed by atoms with van der Waals surface area (Å²) < 4.78 is 5.22. The molecule has 94 valence electrons. The Morgan fingerprint density at radius 2 is 1.89 bits per heavy atom. The smallest absolute Gasteiger partial charge is 0.258 e. The minimum atomic E-state index is 0.198. The molecule has 5 heteroatoms. The molecule has 0 aliphatic heterocycles. The van der Waals surface area contributed by atoms with Crippen molar-refractivity contribution in [1.29, 1.82) is 0 Å². The summed E-state index contributed by atoms with van der Waals surface area (Å²) in [5.74, 6) is 1.06. The summed E-state index contributed by atoms with van der Waals surface area (Å²) in [5, 5.41) is 13.2. The second-order valence-corrected chi connectivity index (χ2v) is 4.14. The van der Waals surface area contributed by atoms with Gasteiger partial charge in [0.05, 0.1) is 0 Å². The lowest BCUT2D eigenvalue weighted by atomic mass is 10.2. The minimum absolute atomic E-state index is 0.198. The molecule has 2 aromatic heterocycles. The molecule has 0 saturated heterocycles. The molecule has 0 spiro atoms. The average molecular weight is 253 g/mol. The van der Waals surface area contributed by atoms with E-state index in [-0.39, 0.29) is 5.75 Å². The molecule has 0 unspecified atom stereocenters. The normalized spacial score (nSPS) is 10.6. The van der Waals surface area contributed by atoms with Gasteiger partial charge in [0.1, 0.15) is 11.4 Å². The van der Waals surface area contributed by atoms with Gasteiger partial charge >= 0.3 is 0 Å². The van der Waals surface area contributed by atoms with Crippen LogP contribution in [0.1, 0.15) is 5.56 Å². The molecule has 3 rings (SSSR count). The third kappa shape index (κ3) is 2.18. The molecular formula is C14H11N3O2. The highest BCUT2D eigenvalue weighted by Crippen LogP contribution is 2.23. The lowest BCUT2D eigenvalue weighted by Gasteiger charge is -1.97. The number of phenols is 1. The van der Waals surface area contributed by atoms with E-state index >= 15 is 0 Å². The van der Waals surface area contributed by atoms with Gasteiger partial charge in [0, 0.05) is 11.8 Å². The summed E-state index contributed by atoms with van der Waals surface area (Å²) in [6.07, 6.45) is 1.69. The first kappa shape index (κ1) is 11.4. The van der Waals surface area contributed by atoms with Gasteiger partial charge in [-0.3, -0.25) is 4.98 Å². The van der Waals surface area contributed by atoms with Gasteiger partial charge in [-0.1, -0.05) is 11.2 Å². The Balaban J connectivity index is 2.00. The van der Waals surface area contributed by atoms with Gasteiger partial charge in [0.15, 0.2) is 0 Å². The van der Waals surface area contributed by atoms with Gasteiger partial charge in [-0.05, 0) is 42.8 Å². The number of benzene rings is 1. The van der Waals surface area contributed by atoms with Crippen LogP contribution in [0.3, 0.4) is 0 Å². The first-order valence-electron chi connectivity index (χ1n) is 5.79. The number of aromatic hydroxyl groups is 1. The highest BCUT2D eigenvalue weighted by atomic mass is 16.5. The SMILES string of the molecule is Cc1cccnc1-c1noc(-c2ccc(O)cc2)n1. The van der Waals surface area contributed by atoms with Crippen LogP contribution >= 0.6 is 0 Å². The Morgan fingerprint density at radius 3 is 2.63 bits per heavy atom. The number of aromatic nitrogens is 3. The molecule has 0 aliphatic carbocycles. The van der Waals surface area contributed by atoms with E-state index in [2.05, 4.69) is 15.1 Å². The van der Waals surface area contributed by atoms with Crippen molar-refractivity contribution in [2.75, 3.05) is 0 Å². The molecule has 0 saturated carbocycles. The lowest BCUT2D eigenvalue weighted by molar-refractivity contribution is 0.432. The molecule has 0 bridgehead atoms. The van der Waals surface area contributed by atoms with Crippen LogP contribution in [-0.2, 0) is 0 Å². The van der Waals surface area contributed by atoms with E-state index in [4.69, 9.17) is 4.52 Å². The third-order valence-corrected chi connectivity index (χ3v) is 2.76. The number of aryl methyl sites for hydroxylation is 1. The largest absolute Gasteiger partial charge is 0.508 e. The Morgan fingerprint density at radius 1 is 1.11 bits per heavy atom. The average Bonchev–Trinajstić information content (AvgIpc) is 2.89. The maximum absolute atomic E-state index is 9.25. The Hall–Kier alpha value is -2.69. The summed E-state index contributed by atoms with van der Waals surface area (Å²) in [6, 6.07) is 10.4. The Labute approximate surface area is 109 Å². The highest BCUT2D eigenvalue weighted by molar-refractivity contribution is 5.59. The molecular weight excluding hydrogens is 242 g/mol. The van der Waals surface area contributed by atoms with Crippen LogP contribution in [0.15, 0.2) is 47.1 Å². The van der Waals surface area contributed by atoms with Gasteiger partial charge < -0.3 is 9.63 Å². The van der Waals surface area contributed by atoms with Crippen molar-refractivity contribution in [3.05, 3.63) is 48.2 Å². The van der Waals surface area contributed by atoms with Gasteiger partial charge in [-0.25, -0.2) is 0 Å². The Kier molecular flexibility index (Phi) is 2.72. The molecule has 0 fully saturated rings. The number of hydrogen-bond acceptors (Lipinski definition) is 5. The summed E-state index contributed by atoms with van der Waals surface area (Å²) in [7, 11) is 0. The van der Waals surface area contributed by atoms with E-state index in [1.54, 1.807) is 30.5 Å². The number of phenolic OH excluding ortho intramolecular Hbond substituents is 1. The number of pyridine rings is 1. The van der Waals surface area contributed by atoms with Crippen molar-refractivity contribution in [3.8, 4) is 28.7 Å². The standard InChI is InChI=1S/C14H11N3O2/c1-9-3-2-8-15-12(9)13-16-14(19-17-13)10-4-6-11(18)7-5-10/h2-8,18H,1H3. The van der Waals surface area contributed by atoms with E-state index in [9.17, 15) is 5.11 Å². The van der Waals surface area contributed by atoms with E-state index < -0.39 is 0 Å². The fourth-order valence-electron chi connectivity index (χ4n) is 1.76. The van der Waals surface area contributed by atoms with E-state index in [0.29, 0.717) is 17.4 Å². The minimum Gasteiger partial charge on any atom is -0.508 e. The second-order valence-electron chi connectivity index (χ2n) is 4.14. The van der Waals surface area contributed by atoms with Crippen molar-refractivity contribution < 1.29 is 9.63 Å². The zero-order valence-electron chi connectivity index (χ0n) is 10.2. The maximum Gasteiger partial charge on any atom is 0.258 e. The van der Waals surface area contributed by atoms with Crippen LogP contribution in [0.5, 0.6) is 5.75 Å². The van der Waals surface area contributed by atoms with Crippen molar-refractivity contribution in [2.24, 2.45) is 0 Å². The molecule has 0 amide bonds. The van der Waals surface area contributed by atoms with Crippen LogP contribution in [0, 0.1) is 6.92 Å². The topological polar surface area (TPSA) is 72.0 Å². The van der Waals surface area contributed by atoms with E-state index in [0.717, 1.165) is 11.1 Å². The fourth-order valence-corrected chi connectivity index (χ4v) is 1.76. The van der Waals surface area contributed by atoms with Crippen molar-refractivity contribution in [3.63, 3.8) is 0 Å². The molecule has 1 aromatic carbocycles. The maximum atomic E-state index is 9.25. The monoisotopic (exact) mass is 253 g/mol. The molecule has 0 radical (unpaired) electrons. The van der Waals surface area contributed by atoms with E-state index in [1.165, 1.54) is 0 Å². The molecule has 5 nitrogen and oxygen atoms in total. The molecule has 3 aromatic rings. The Bertz CT molecular complexity index is 705. The molecule has 1 N–H and O–H groups in total.